The quantitative estimate of drug-likeness (QED) is 0.432. The van der Waals surface area contributed by atoms with Gasteiger partial charge in [-0.25, -0.2) is 10.2 Å². The lowest BCUT2D eigenvalue weighted by molar-refractivity contribution is 0.191. The molecule has 5 nitrogen and oxygen atoms in total. The summed E-state index contributed by atoms with van der Waals surface area (Å²) in [5.41, 5.74) is 2.86. The topological polar surface area (TPSA) is 74.5 Å². The van der Waals surface area contributed by atoms with Crippen molar-refractivity contribution in [2.45, 2.75) is 0 Å². The Morgan fingerprint density at radius 3 is 2.86 bits per heavy atom. The first-order valence-corrected chi connectivity index (χ1v) is 3.77. The fourth-order valence-electron chi connectivity index (χ4n) is 0.763. The van der Waals surface area contributed by atoms with Crippen molar-refractivity contribution in [3.05, 3.63) is 35.9 Å². The van der Waals surface area contributed by atoms with Crippen LogP contribution in [0.5, 0.6) is 0 Å². The summed E-state index contributed by atoms with van der Waals surface area (Å²) < 4.78 is 3.92. The number of carbonyl (C=O) groups is 1. The van der Waals surface area contributed by atoms with Gasteiger partial charge in [0.15, 0.2) is 0 Å². The Labute approximate surface area is 80.6 Å². The highest BCUT2D eigenvalue weighted by Crippen LogP contribution is 1.92. The molecule has 0 aliphatic heterocycles. The van der Waals surface area contributed by atoms with Gasteiger partial charge in [0.1, 0.15) is 0 Å². The first kappa shape index (κ1) is 9.74. The van der Waals surface area contributed by atoms with E-state index < -0.39 is 6.09 Å². The van der Waals surface area contributed by atoms with E-state index in [1.807, 2.05) is 35.8 Å². The number of amides is 1. The van der Waals surface area contributed by atoms with E-state index in [1.54, 1.807) is 0 Å². The van der Waals surface area contributed by atoms with Crippen molar-refractivity contribution in [3.8, 4) is 6.26 Å². The van der Waals surface area contributed by atoms with Gasteiger partial charge in [-0.2, -0.15) is 5.10 Å². The zero-order valence-electron chi connectivity index (χ0n) is 7.18. The number of rotatable bonds is 2. The van der Waals surface area contributed by atoms with Crippen molar-refractivity contribution in [1.82, 2.24) is 5.43 Å². The predicted molar refractivity (Wildman–Crippen MR) is 49.3 cm³/mol. The normalized spacial score (nSPS) is 9.36. The van der Waals surface area contributed by atoms with Crippen LogP contribution in [0.1, 0.15) is 5.56 Å². The lowest BCUT2D eigenvalue weighted by atomic mass is 10.2. The fraction of sp³-hybridized carbons (Fsp3) is 0. The fourth-order valence-corrected chi connectivity index (χ4v) is 0.763. The van der Waals surface area contributed by atoms with Gasteiger partial charge in [-0.3, -0.25) is 0 Å². The summed E-state index contributed by atoms with van der Waals surface area (Å²) in [4.78, 5) is 10.6. The minimum absolute atomic E-state index is 0.838. The third-order valence-electron chi connectivity index (χ3n) is 1.31. The summed E-state index contributed by atoms with van der Waals surface area (Å²) in [6.45, 7) is 0. The Kier molecular flexibility index (Phi) is 3.70. The Morgan fingerprint density at radius 1 is 1.50 bits per heavy atom. The SMILES string of the molecule is N#COC(=O)NN=Cc1ccccc1. The van der Waals surface area contributed by atoms with E-state index in [-0.39, 0.29) is 0 Å². The number of hydrogen-bond donors (Lipinski definition) is 1. The number of nitriles is 1. The molecule has 0 heterocycles. The standard InChI is InChI=1S/C9H7N3O2/c10-7-14-9(13)12-11-6-8-4-2-1-3-5-8/h1-6H,(H,12,13). The molecule has 0 spiro atoms. The molecular weight excluding hydrogens is 182 g/mol. The van der Waals surface area contributed by atoms with Gasteiger partial charge >= 0.3 is 6.09 Å². The first-order valence-electron chi connectivity index (χ1n) is 3.77. The molecule has 0 radical (unpaired) electrons. The van der Waals surface area contributed by atoms with E-state index in [9.17, 15) is 4.79 Å². The van der Waals surface area contributed by atoms with Crippen LogP contribution in [0.15, 0.2) is 35.4 Å². The highest BCUT2D eigenvalue weighted by Gasteiger charge is 1.95. The maximum absolute atomic E-state index is 10.6. The van der Waals surface area contributed by atoms with Crippen molar-refractivity contribution < 1.29 is 9.53 Å². The second kappa shape index (κ2) is 5.32. The number of nitrogens with one attached hydrogen (secondary N) is 1. The Morgan fingerprint density at radius 2 is 2.21 bits per heavy atom. The number of hydrogen-bond acceptors (Lipinski definition) is 4. The molecule has 0 aliphatic carbocycles. The zero-order chi connectivity index (χ0) is 10.2. The molecule has 0 bridgehead atoms. The molecule has 1 amide bonds. The molecule has 5 heteroatoms. The summed E-state index contributed by atoms with van der Waals surface area (Å²) in [5.74, 6) is 0. The van der Waals surface area contributed by atoms with Crippen LogP contribution in [0.3, 0.4) is 0 Å². The second-order valence-electron chi connectivity index (χ2n) is 2.26. The van der Waals surface area contributed by atoms with Crippen LogP contribution in [0.2, 0.25) is 0 Å². The molecule has 0 unspecified atom stereocenters. The highest BCUT2D eigenvalue weighted by molar-refractivity contribution is 5.80. The van der Waals surface area contributed by atoms with Gasteiger partial charge in [-0.15, -0.1) is 5.26 Å². The molecule has 0 aromatic heterocycles. The van der Waals surface area contributed by atoms with Crippen molar-refractivity contribution in [2.75, 3.05) is 0 Å². The van der Waals surface area contributed by atoms with Gasteiger partial charge in [0.25, 0.3) is 6.26 Å². The molecule has 1 aromatic carbocycles. The lowest BCUT2D eigenvalue weighted by Crippen LogP contribution is -2.16. The van der Waals surface area contributed by atoms with E-state index in [2.05, 4.69) is 9.84 Å². The highest BCUT2D eigenvalue weighted by atomic mass is 16.5. The van der Waals surface area contributed by atoms with Crippen molar-refractivity contribution >= 4 is 12.3 Å². The van der Waals surface area contributed by atoms with Crippen molar-refractivity contribution in [2.24, 2.45) is 5.10 Å². The van der Waals surface area contributed by atoms with Crippen LogP contribution >= 0.6 is 0 Å². The van der Waals surface area contributed by atoms with Gasteiger partial charge in [0.05, 0.1) is 6.21 Å². The molecule has 70 valence electrons. The van der Waals surface area contributed by atoms with Gasteiger partial charge in [-0.05, 0) is 5.56 Å². The molecule has 1 rings (SSSR count). The van der Waals surface area contributed by atoms with Crippen molar-refractivity contribution in [3.63, 3.8) is 0 Å². The maximum atomic E-state index is 10.6. The van der Waals surface area contributed by atoms with E-state index in [1.165, 1.54) is 12.5 Å². The van der Waals surface area contributed by atoms with E-state index in [0.717, 1.165) is 5.56 Å². The Bertz CT molecular complexity index is 367. The molecule has 1 aromatic rings. The van der Waals surface area contributed by atoms with E-state index in [4.69, 9.17) is 5.26 Å². The average molecular weight is 189 g/mol. The molecule has 1 N–H and O–H groups in total. The minimum Gasteiger partial charge on any atom is -0.332 e. The average Bonchev–Trinajstić information content (AvgIpc) is 2.20. The summed E-state index contributed by atoms with van der Waals surface area (Å²) in [5, 5.41) is 11.5. The van der Waals surface area contributed by atoms with Crippen LogP contribution in [0.25, 0.3) is 0 Å². The predicted octanol–water partition coefficient (Wildman–Crippen LogP) is 1.23. The molecule has 0 saturated heterocycles. The van der Waals surface area contributed by atoms with Gasteiger partial charge in [-0.1, -0.05) is 30.3 Å². The molecule has 0 aliphatic rings. The second-order valence-corrected chi connectivity index (χ2v) is 2.26. The lowest BCUT2D eigenvalue weighted by Gasteiger charge is -1.92. The van der Waals surface area contributed by atoms with Crippen LogP contribution < -0.4 is 5.43 Å². The van der Waals surface area contributed by atoms with Gasteiger partial charge in [0.2, 0.25) is 0 Å². The Balaban J connectivity index is 2.43. The monoisotopic (exact) mass is 189 g/mol. The maximum Gasteiger partial charge on any atom is 0.443 e. The summed E-state index contributed by atoms with van der Waals surface area (Å²) in [6.07, 6.45) is 1.77. The van der Waals surface area contributed by atoms with E-state index in [0.29, 0.717) is 0 Å². The molecule has 0 saturated carbocycles. The number of ether oxygens (including phenoxy) is 1. The Hall–Kier alpha value is -2.35. The third-order valence-corrected chi connectivity index (χ3v) is 1.31. The van der Waals surface area contributed by atoms with Gasteiger partial charge in [0, 0.05) is 0 Å². The molecule has 0 fully saturated rings. The molecule has 0 atom stereocenters. The number of benzene rings is 1. The zero-order valence-corrected chi connectivity index (χ0v) is 7.18. The summed E-state index contributed by atoms with van der Waals surface area (Å²) in [7, 11) is 0. The van der Waals surface area contributed by atoms with Crippen LogP contribution in [0.4, 0.5) is 4.79 Å². The summed E-state index contributed by atoms with van der Waals surface area (Å²) in [6, 6.07) is 9.19. The van der Waals surface area contributed by atoms with Crippen LogP contribution in [0, 0.1) is 11.5 Å². The van der Waals surface area contributed by atoms with Crippen LogP contribution in [-0.2, 0) is 4.74 Å². The van der Waals surface area contributed by atoms with E-state index >= 15 is 0 Å². The molecule has 14 heavy (non-hydrogen) atoms. The number of hydrazone groups is 1. The number of carbonyl (C=O) groups excluding carboxylic acids is 1. The van der Waals surface area contributed by atoms with Crippen molar-refractivity contribution in [1.29, 1.82) is 5.26 Å². The third kappa shape index (κ3) is 3.36. The largest absolute Gasteiger partial charge is 0.443 e. The van der Waals surface area contributed by atoms with Crippen LogP contribution in [-0.4, -0.2) is 12.3 Å². The number of nitrogens with zero attached hydrogens (tertiary/aromatic N) is 2. The summed E-state index contributed by atoms with van der Waals surface area (Å²) >= 11 is 0. The minimum atomic E-state index is -0.903. The smallest absolute Gasteiger partial charge is 0.332 e. The molecular formula is C9H7N3O2. The first-order chi connectivity index (χ1) is 6.83. The van der Waals surface area contributed by atoms with Gasteiger partial charge < -0.3 is 4.74 Å².